The lowest BCUT2D eigenvalue weighted by Gasteiger charge is -2.35. The number of rotatable bonds is 4. The zero-order chi connectivity index (χ0) is 22.7. The van der Waals surface area contributed by atoms with Crippen molar-refractivity contribution < 1.29 is 14.4 Å². The van der Waals surface area contributed by atoms with Crippen LogP contribution in [0.2, 0.25) is 0 Å². The van der Waals surface area contributed by atoms with Gasteiger partial charge in [-0.05, 0) is 43.7 Å². The molecule has 1 aliphatic heterocycles. The molecule has 1 heterocycles. The lowest BCUT2D eigenvalue weighted by atomic mass is 9.94. The zero-order valence-corrected chi connectivity index (χ0v) is 18.4. The van der Waals surface area contributed by atoms with Gasteiger partial charge in [0, 0.05) is 42.9 Å². The second kappa shape index (κ2) is 9.18. The normalized spacial score (nSPS) is 13.7. The summed E-state index contributed by atoms with van der Waals surface area (Å²) in [7, 11) is 0. The molecule has 5 heteroatoms. The molecule has 1 saturated heterocycles. The van der Waals surface area contributed by atoms with Gasteiger partial charge in [0.25, 0.3) is 11.8 Å². The van der Waals surface area contributed by atoms with Crippen LogP contribution in [0.4, 0.5) is 0 Å². The van der Waals surface area contributed by atoms with E-state index in [-0.39, 0.29) is 17.6 Å². The van der Waals surface area contributed by atoms with Crippen molar-refractivity contribution >= 4 is 17.6 Å². The Bertz CT molecular complexity index is 1160. The molecule has 4 rings (SSSR count). The van der Waals surface area contributed by atoms with E-state index in [9.17, 15) is 14.4 Å². The number of ketones is 1. The van der Waals surface area contributed by atoms with Crippen LogP contribution in [0.25, 0.3) is 0 Å². The minimum absolute atomic E-state index is 0.0248. The Balaban J connectivity index is 1.51. The molecular weight excluding hydrogens is 400 g/mol. The second-order valence-corrected chi connectivity index (χ2v) is 8.14. The predicted octanol–water partition coefficient (Wildman–Crippen LogP) is 4.13. The van der Waals surface area contributed by atoms with E-state index in [1.807, 2.05) is 50.2 Å². The van der Waals surface area contributed by atoms with Crippen molar-refractivity contribution in [2.24, 2.45) is 0 Å². The molecule has 5 nitrogen and oxygen atoms in total. The Morgan fingerprint density at radius 2 is 1.19 bits per heavy atom. The Morgan fingerprint density at radius 3 is 1.84 bits per heavy atom. The van der Waals surface area contributed by atoms with Crippen LogP contribution in [0.1, 0.15) is 47.8 Å². The van der Waals surface area contributed by atoms with E-state index in [0.29, 0.717) is 48.4 Å². The van der Waals surface area contributed by atoms with Crippen molar-refractivity contribution in [3.05, 3.63) is 106 Å². The summed E-state index contributed by atoms with van der Waals surface area (Å²) in [6, 6.07) is 21.9. The molecule has 3 aromatic rings. The number of benzene rings is 3. The third kappa shape index (κ3) is 4.33. The number of carbonyl (C=O) groups excluding carboxylic acids is 3. The van der Waals surface area contributed by atoms with Gasteiger partial charge in [0.2, 0.25) is 0 Å². The van der Waals surface area contributed by atoms with Crippen LogP contribution < -0.4 is 0 Å². The molecule has 1 fully saturated rings. The number of nitrogens with zero attached hydrogens (tertiary/aromatic N) is 2. The molecule has 0 bridgehead atoms. The van der Waals surface area contributed by atoms with Gasteiger partial charge in [-0.3, -0.25) is 14.4 Å². The molecule has 3 aromatic carbocycles. The smallest absolute Gasteiger partial charge is 0.254 e. The highest BCUT2D eigenvalue weighted by Gasteiger charge is 2.28. The Hall–Kier alpha value is -3.73. The largest absolute Gasteiger partial charge is 0.335 e. The van der Waals surface area contributed by atoms with Gasteiger partial charge in [-0.25, -0.2) is 0 Å². The molecule has 0 spiro atoms. The summed E-state index contributed by atoms with van der Waals surface area (Å²) in [5.74, 6) is -0.345. The van der Waals surface area contributed by atoms with Crippen molar-refractivity contribution in [1.82, 2.24) is 9.80 Å². The fourth-order valence-corrected chi connectivity index (χ4v) is 4.04. The van der Waals surface area contributed by atoms with Crippen molar-refractivity contribution in [2.45, 2.75) is 13.8 Å². The highest BCUT2D eigenvalue weighted by atomic mass is 16.2. The van der Waals surface area contributed by atoms with E-state index in [1.165, 1.54) is 0 Å². The number of hydrogen-bond donors (Lipinski definition) is 0. The first-order valence-corrected chi connectivity index (χ1v) is 10.8. The highest BCUT2D eigenvalue weighted by molar-refractivity contribution is 6.16. The molecule has 0 N–H and O–H groups in total. The van der Waals surface area contributed by atoms with E-state index in [4.69, 9.17) is 0 Å². The summed E-state index contributed by atoms with van der Waals surface area (Å²) >= 11 is 0. The third-order valence-corrected chi connectivity index (χ3v) is 5.91. The first-order chi connectivity index (χ1) is 15.5. The van der Waals surface area contributed by atoms with Gasteiger partial charge in [0.05, 0.1) is 5.56 Å². The van der Waals surface area contributed by atoms with Gasteiger partial charge < -0.3 is 9.80 Å². The van der Waals surface area contributed by atoms with Crippen molar-refractivity contribution in [3.8, 4) is 0 Å². The lowest BCUT2D eigenvalue weighted by molar-refractivity contribution is 0.0534. The van der Waals surface area contributed by atoms with Gasteiger partial charge in [-0.15, -0.1) is 0 Å². The highest BCUT2D eigenvalue weighted by Crippen LogP contribution is 2.21. The predicted molar refractivity (Wildman–Crippen MR) is 124 cm³/mol. The van der Waals surface area contributed by atoms with Gasteiger partial charge in [-0.2, -0.15) is 0 Å². The van der Waals surface area contributed by atoms with Crippen LogP contribution in [0, 0.1) is 13.8 Å². The Labute approximate surface area is 188 Å². The van der Waals surface area contributed by atoms with Crippen LogP contribution >= 0.6 is 0 Å². The molecule has 162 valence electrons. The maximum absolute atomic E-state index is 13.3. The van der Waals surface area contributed by atoms with Crippen LogP contribution in [-0.2, 0) is 0 Å². The van der Waals surface area contributed by atoms with Crippen LogP contribution in [-0.4, -0.2) is 53.6 Å². The average Bonchev–Trinajstić information content (AvgIpc) is 2.85. The summed E-state index contributed by atoms with van der Waals surface area (Å²) in [4.78, 5) is 42.8. The molecular formula is C27H26N2O3. The molecule has 0 atom stereocenters. The molecule has 0 saturated carbocycles. The maximum atomic E-state index is 13.3. The summed E-state index contributed by atoms with van der Waals surface area (Å²) in [6.07, 6.45) is 0. The summed E-state index contributed by atoms with van der Waals surface area (Å²) in [6.45, 7) is 5.65. The van der Waals surface area contributed by atoms with Gasteiger partial charge in [-0.1, -0.05) is 54.1 Å². The fourth-order valence-electron chi connectivity index (χ4n) is 4.04. The third-order valence-electron chi connectivity index (χ3n) is 5.91. The maximum Gasteiger partial charge on any atom is 0.254 e. The topological polar surface area (TPSA) is 57.7 Å². The zero-order valence-electron chi connectivity index (χ0n) is 18.4. The second-order valence-electron chi connectivity index (χ2n) is 8.14. The minimum atomic E-state index is -0.175. The van der Waals surface area contributed by atoms with E-state index < -0.39 is 0 Å². The van der Waals surface area contributed by atoms with E-state index in [0.717, 1.165) is 11.1 Å². The fraction of sp³-hybridized carbons (Fsp3) is 0.222. The lowest BCUT2D eigenvalue weighted by Crippen LogP contribution is -2.50. The minimum Gasteiger partial charge on any atom is -0.335 e. The van der Waals surface area contributed by atoms with Crippen molar-refractivity contribution in [2.75, 3.05) is 26.2 Å². The standard InChI is InChI=1S/C27H26N2O3/c1-19-12-13-20(2)24(18-19)25(30)22-10-6-7-11-23(22)27(32)29-16-14-28(15-17-29)26(31)21-8-4-3-5-9-21/h3-13,18H,14-17H2,1-2H3. The molecule has 1 aliphatic rings. The number of hydrogen-bond acceptors (Lipinski definition) is 3. The number of piperazine rings is 1. The number of carbonyl (C=O) groups is 3. The van der Waals surface area contributed by atoms with Gasteiger partial charge in [0.1, 0.15) is 0 Å². The SMILES string of the molecule is Cc1ccc(C)c(C(=O)c2ccccc2C(=O)N2CCN(C(=O)c3ccccc3)CC2)c1. The summed E-state index contributed by atoms with van der Waals surface area (Å²) < 4.78 is 0. The Kier molecular flexibility index (Phi) is 6.17. The molecule has 0 unspecified atom stereocenters. The monoisotopic (exact) mass is 426 g/mol. The van der Waals surface area contributed by atoms with E-state index in [1.54, 1.807) is 46.2 Å². The molecule has 0 radical (unpaired) electrons. The molecule has 0 aromatic heterocycles. The van der Waals surface area contributed by atoms with Crippen LogP contribution in [0.3, 0.4) is 0 Å². The van der Waals surface area contributed by atoms with Crippen LogP contribution in [0.5, 0.6) is 0 Å². The van der Waals surface area contributed by atoms with Gasteiger partial charge >= 0.3 is 0 Å². The van der Waals surface area contributed by atoms with Crippen LogP contribution in [0.15, 0.2) is 72.8 Å². The number of aryl methyl sites for hydroxylation is 2. The quantitative estimate of drug-likeness (QED) is 0.590. The molecule has 0 aliphatic carbocycles. The molecule has 2 amide bonds. The summed E-state index contributed by atoms with van der Waals surface area (Å²) in [5, 5.41) is 0. The van der Waals surface area contributed by atoms with E-state index in [2.05, 4.69) is 0 Å². The van der Waals surface area contributed by atoms with Gasteiger partial charge in [0.15, 0.2) is 5.78 Å². The first-order valence-electron chi connectivity index (χ1n) is 10.8. The first kappa shape index (κ1) is 21.5. The van der Waals surface area contributed by atoms with E-state index >= 15 is 0 Å². The number of amides is 2. The molecule has 32 heavy (non-hydrogen) atoms. The summed E-state index contributed by atoms with van der Waals surface area (Å²) in [5.41, 5.74) is 3.97. The Morgan fingerprint density at radius 1 is 0.625 bits per heavy atom. The van der Waals surface area contributed by atoms with Crippen molar-refractivity contribution in [3.63, 3.8) is 0 Å². The average molecular weight is 427 g/mol. The van der Waals surface area contributed by atoms with Crippen molar-refractivity contribution in [1.29, 1.82) is 0 Å².